The van der Waals surface area contributed by atoms with Crippen molar-refractivity contribution in [1.29, 1.82) is 0 Å². The minimum absolute atomic E-state index is 0.124. The Balaban J connectivity index is 1.87. The standard InChI is InChI=1S/C15H16BrN3O/c1-10-9-11(2)19(17-10)14-7-8-18(15(14)20)13-5-3-12(16)4-6-13/h3-6,9,14H,7-8H2,1-2H3. The van der Waals surface area contributed by atoms with Crippen molar-refractivity contribution in [2.75, 3.05) is 11.4 Å². The van der Waals surface area contributed by atoms with Crippen LogP contribution in [-0.2, 0) is 4.79 Å². The van der Waals surface area contributed by atoms with E-state index in [4.69, 9.17) is 0 Å². The summed E-state index contributed by atoms with van der Waals surface area (Å²) in [6.45, 7) is 4.69. The highest BCUT2D eigenvalue weighted by Gasteiger charge is 2.35. The van der Waals surface area contributed by atoms with Gasteiger partial charge in [-0.25, -0.2) is 0 Å². The van der Waals surface area contributed by atoms with E-state index in [-0.39, 0.29) is 11.9 Å². The first-order valence-corrected chi connectivity index (χ1v) is 7.45. The van der Waals surface area contributed by atoms with Crippen molar-refractivity contribution in [2.45, 2.75) is 26.3 Å². The van der Waals surface area contributed by atoms with Gasteiger partial charge in [-0.1, -0.05) is 15.9 Å². The number of halogens is 1. The Morgan fingerprint density at radius 1 is 1.25 bits per heavy atom. The normalized spacial score (nSPS) is 18.9. The number of carbonyl (C=O) groups excluding carboxylic acids is 1. The molecule has 2 aromatic rings. The Labute approximate surface area is 126 Å². The summed E-state index contributed by atoms with van der Waals surface area (Å²) in [6, 6.07) is 9.68. The number of aryl methyl sites for hydroxylation is 2. The van der Waals surface area contributed by atoms with Crippen LogP contribution in [0.4, 0.5) is 5.69 Å². The zero-order valence-corrected chi connectivity index (χ0v) is 13.1. The number of aromatic nitrogens is 2. The van der Waals surface area contributed by atoms with Crippen LogP contribution in [0.25, 0.3) is 0 Å². The van der Waals surface area contributed by atoms with Gasteiger partial charge in [0.25, 0.3) is 5.91 Å². The predicted molar refractivity (Wildman–Crippen MR) is 81.9 cm³/mol. The molecular formula is C15H16BrN3O. The zero-order valence-electron chi connectivity index (χ0n) is 11.5. The first-order valence-electron chi connectivity index (χ1n) is 6.66. The third-order valence-corrected chi connectivity index (χ3v) is 4.18. The number of nitrogens with zero attached hydrogens (tertiary/aromatic N) is 3. The zero-order chi connectivity index (χ0) is 14.3. The van der Waals surface area contributed by atoms with Crippen LogP contribution in [0.1, 0.15) is 23.9 Å². The fourth-order valence-electron chi connectivity index (χ4n) is 2.73. The Morgan fingerprint density at radius 2 is 1.95 bits per heavy atom. The molecule has 5 heteroatoms. The van der Waals surface area contributed by atoms with Gasteiger partial charge in [0.2, 0.25) is 0 Å². The number of rotatable bonds is 2. The highest BCUT2D eigenvalue weighted by molar-refractivity contribution is 9.10. The average molecular weight is 334 g/mol. The lowest BCUT2D eigenvalue weighted by atomic mass is 10.2. The van der Waals surface area contributed by atoms with E-state index in [2.05, 4.69) is 21.0 Å². The summed E-state index contributed by atoms with van der Waals surface area (Å²) in [5, 5.41) is 4.45. The Bertz CT molecular complexity index is 648. The summed E-state index contributed by atoms with van der Waals surface area (Å²) in [6.07, 6.45) is 0.802. The second kappa shape index (κ2) is 5.05. The van der Waals surface area contributed by atoms with E-state index in [0.717, 1.165) is 34.5 Å². The van der Waals surface area contributed by atoms with Crippen LogP contribution in [0.3, 0.4) is 0 Å². The number of hydrogen-bond donors (Lipinski definition) is 0. The lowest BCUT2D eigenvalue weighted by Gasteiger charge is -2.17. The maximum atomic E-state index is 12.6. The molecule has 1 saturated heterocycles. The predicted octanol–water partition coefficient (Wildman–Crippen LogP) is 3.24. The minimum Gasteiger partial charge on any atom is -0.310 e. The Kier molecular flexibility index (Phi) is 3.38. The molecule has 1 aromatic carbocycles. The van der Waals surface area contributed by atoms with Crippen LogP contribution in [-0.4, -0.2) is 22.2 Å². The topological polar surface area (TPSA) is 38.1 Å². The van der Waals surface area contributed by atoms with Gasteiger partial charge < -0.3 is 4.90 Å². The summed E-state index contributed by atoms with van der Waals surface area (Å²) in [5.74, 6) is 0.124. The van der Waals surface area contributed by atoms with E-state index >= 15 is 0 Å². The number of carbonyl (C=O) groups is 1. The second-order valence-electron chi connectivity index (χ2n) is 5.14. The largest absolute Gasteiger partial charge is 0.310 e. The average Bonchev–Trinajstić information content (AvgIpc) is 2.93. The molecule has 1 unspecified atom stereocenters. The van der Waals surface area contributed by atoms with Gasteiger partial charge in [0.1, 0.15) is 6.04 Å². The lowest BCUT2D eigenvalue weighted by molar-refractivity contribution is -0.120. The molecule has 0 N–H and O–H groups in total. The SMILES string of the molecule is Cc1cc(C)n(C2CCN(c3ccc(Br)cc3)C2=O)n1. The van der Waals surface area contributed by atoms with E-state index in [0.29, 0.717) is 0 Å². The van der Waals surface area contributed by atoms with Gasteiger partial charge >= 0.3 is 0 Å². The van der Waals surface area contributed by atoms with Crippen LogP contribution in [0.5, 0.6) is 0 Å². The monoisotopic (exact) mass is 333 g/mol. The van der Waals surface area contributed by atoms with Crippen molar-refractivity contribution in [3.63, 3.8) is 0 Å². The molecule has 0 radical (unpaired) electrons. The molecule has 3 rings (SSSR count). The van der Waals surface area contributed by atoms with Crippen molar-refractivity contribution in [3.8, 4) is 0 Å². The number of hydrogen-bond acceptors (Lipinski definition) is 2. The van der Waals surface area contributed by atoms with Crippen molar-refractivity contribution >= 4 is 27.5 Å². The molecule has 1 aromatic heterocycles. The third-order valence-electron chi connectivity index (χ3n) is 3.66. The molecule has 0 bridgehead atoms. The summed E-state index contributed by atoms with van der Waals surface area (Å²) in [7, 11) is 0. The van der Waals surface area contributed by atoms with Crippen molar-refractivity contribution in [2.24, 2.45) is 0 Å². The van der Waals surface area contributed by atoms with Crippen molar-refractivity contribution < 1.29 is 4.79 Å². The molecule has 1 aliphatic rings. The molecule has 1 atom stereocenters. The smallest absolute Gasteiger partial charge is 0.251 e. The molecule has 0 spiro atoms. The number of amides is 1. The number of benzene rings is 1. The van der Waals surface area contributed by atoms with Gasteiger partial charge in [0.15, 0.2) is 0 Å². The van der Waals surface area contributed by atoms with Crippen LogP contribution in [0.15, 0.2) is 34.8 Å². The lowest BCUT2D eigenvalue weighted by Crippen LogP contribution is -2.28. The molecular weight excluding hydrogens is 318 g/mol. The van der Waals surface area contributed by atoms with E-state index in [9.17, 15) is 4.79 Å². The van der Waals surface area contributed by atoms with Crippen LogP contribution < -0.4 is 4.90 Å². The molecule has 104 valence electrons. The van der Waals surface area contributed by atoms with E-state index < -0.39 is 0 Å². The highest BCUT2D eigenvalue weighted by atomic mass is 79.9. The fourth-order valence-corrected chi connectivity index (χ4v) is 3.00. The summed E-state index contributed by atoms with van der Waals surface area (Å²) < 4.78 is 2.87. The molecule has 1 amide bonds. The highest BCUT2D eigenvalue weighted by Crippen LogP contribution is 2.29. The summed E-state index contributed by atoms with van der Waals surface area (Å²) in [4.78, 5) is 14.4. The fraction of sp³-hybridized carbons (Fsp3) is 0.333. The summed E-state index contributed by atoms with van der Waals surface area (Å²) >= 11 is 3.41. The molecule has 20 heavy (non-hydrogen) atoms. The van der Waals surface area contributed by atoms with Crippen molar-refractivity contribution in [3.05, 3.63) is 46.2 Å². The van der Waals surface area contributed by atoms with Gasteiger partial charge in [-0.3, -0.25) is 9.48 Å². The van der Waals surface area contributed by atoms with Gasteiger partial charge in [0, 0.05) is 22.4 Å². The Morgan fingerprint density at radius 3 is 2.55 bits per heavy atom. The van der Waals surface area contributed by atoms with E-state index in [1.54, 1.807) is 0 Å². The van der Waals surface area contributed by atoms with Crippen LogP contribution in [0, 0.1) is 13.8 Å². The van der Waals surface area contributed by atoms with Crippen LogP contribution >= 0.6 is 15.9 Å². The van der Waals surface area contributed by atoms with E-state index in [1.807, 2.05) is 53.8 Å². The van der Waals surface area contributed by atoms with Crippen molar-refractivity contribution in [1.82, 2.24) is 9.78 Å². The molecule has 1 aliphatic heterocycles. The second-order valence-corrected chi connectivity index (χ2v) is 6.06. The maximum absolute atomic E-state index is 12.6. The molecule has 2 heterocycles. The first kappa shape index (κ1) is 13.4. The Hall–Kier alpha value is -1.62. The molecule has 0 aliphatic carbocycles. The first-order chi connectivity index (χ1) is 9.56. The molecule has 4 nitrogen and oxygen atoms in total. The van der Waals surface area contributed by atoms with Gasteiger partial charge in [-0.2, -0.15) is 5.10 Å². The van der Waals surface area contributed by atoms with E-state index in [1.165, 1.54) is 0 Å². The third kappa shape index (κ3) is 2.26. The number of anilines is 1. The quantitative estimate of drug-likeness (QED) is 0.846. The van der Waals surface area contributed by atoms with Gasteiger partial charge in [-0.05, 0) is 50.6 Å². The molecule has 0 saturated carbocycles. The van der Waals surface area contributed by atoms with Gasteiger partial charge in [-0.15, -0.1) is 0 Å². The molecule has 1 fully saturated rings. The maximum Gasteiger partial charge on any atom is 0.251 e. The van der Waals surface area contributed by atoms with Crippen LogP contribution in [0.2, 0.25) is 0 Å². The minimum atomic E-state index is -0.174. The summed E-state index contributed by atoms with van der Waals surface area (Å²) in [5.41, 5.74) is 2.94. The van der Waals surface area contributed by atoms with Gasteiger partial charge in [0.05, 0.1) is 5.69 Å².